The third kappa shape index (κ3) is 7.37. The third-order valence-electron chi connectivity index (χ3n) is 5.08. The first-order chi connectivity index (χ1) is 17.8. The van der Waals surface area contributed by atoms with E-state index in [4.69, 9.17) is 40.2 Å². The summed E-state index contributed by atoms with van der Waals surface area (Å²) >= 11 is 20.3. The zero-order valence-electron chi connectivity index (χ0n) is 19.7. The number of thioether (sulfide) groups is 1. The first kappa shape index (κ1) is 27.2. The average Bonchev–Trinajstić information content (AvgIpc) is 3.34. The zero-order valence-corrected chi connectivity index (χ0v) is 23.7. The van der Waals surface area contributed by atoms with E-state index in [0.717, 1.165) is 27.5 Å². The highest BCUT2D eigenvalue weighted by Crippen LogP contribution is 2.32. The van der Waals surface area contributed by atoms with E-state index in [1.165, 1.54) is 23.1 Å². The Labute approximate surface area is 238 Å². The number of anilines is 3. The maximum absolute atomic E-state index is 12.8. The molecule has 1 unspecified atom stereocenters. The predicted octanol–water partition coefficient (Wildman–Crippen LogP) is 8.05. The first-order valence-corrected chi connectivity index (χ1v) is 13.9. The minimum atomic E-state index is -0.355. The number of ether oxygens (including phenoxy) is 1. The van der Waals surface area contributed by atoms with Gasteiger partial charge in [-0.1, -0.05) is 47.5 Å². The van der Waals surface area contributed by atoms with E-state index in [2.05, 4.69) is 20.9 Å². The van der Waals surface area contributed by atoms with Gasteiger partial charge in [-0.05, 0) is 61.6 Å². The van der Waals surface area contributed by atoms with Gasteiger partial charge in [-0.25, -0.2) is 4.98 Å². The minimum absolute atomic E-state index is 0.147. The van der Waals surface area contributed by atoms with Gasteiger partial charge in [0.2, 0.25) is 5.91 Å². The van der Waals surface area contributed by atoms with Gasteiger partial charge in [-0.2, -0.15) is 0 Å². The van der Waals surface area contributed by atoms with E-state index < -0.39 is 0 Å². The van der Waals surface area contributed by atoms with Crippen LogP contribution in [0, 0.1) is 0 Å². The number of carbonyl (C=O) groups is 1. The molecule has 11 heteroatoms. The van der Waals surface area contributed by atoms with Crippen molar-refractivity contribution in [2.24, 2.45) is 0 Å². The predicted molar refractivity (Wildman–Crippen MR) is 161 cm³/mol. The third-order valence-corrected chi connectivity index (χ3v) is 7.87. The molecule has 0 fully saturated rings. The fourth-order valence-electron chi connectivity index (χ4n) is 3.26. The Morgan fingerprint density at radius 3 is 2.62 bits per heavy atom. The number of amides is 1. The molecule has 3 N–H and O–H groups in total. The fourth-order valence-corrected chi connectivity index (χ4v) is 5.44. The molecule has 3 aromatic carbocycles. The van der Waals surface area contributed by atoms with E-state index in [1.807, 2.05) is 66.9 Å². The largest absolute Gasteiger partial charge is 0.495 e. The van der Waals surface area contributed by atoms with Gasteiger partial charge in [0.1, 0.15) is 5.75 Å². The standard InChI is InChI=1S/C26H22Cl2N4O2S3/c1-15(24(33)32-26-31-22(14-36-26)16-10-11-19(27)20(28)12-16)37-18-7-5-6-17(13-18)29-25(35)30-21-8-3-4-9-23(21)34-2/h3-15H,1-2H3,(H2,29,30,35)(H,31,32,33). The number of rotatable bonds is 8. The van der Waals surface area contributed by atoms with Gasteiger partial charge in [0.25, 0.3) is 0 Å². The van der Waals surface area contributed by atoms with E-state index in [1.54, 1.807) is 19.2 Å². The Kier molecular flexibility index (Phi) is 9.28. The van der Waals surface area contributed by atoms with E-state index in [-0.39, 0.29) is 11.2 Å². The molecule has 0 saturated carbocycles. The normalized spacial score (nSPS) is 11.5. The molecule has 37 heavy (non-hydrogen) atoms. The maximum atomic E-state index is 12.8. The summed E-state index contributed by atoms with van der Waals surface area (Å²) in [6.45, 7) is 1.85. The van der Waals surface area contributed by atoms with E-state index in [0.29, 0.717) is 26.0 Å². The topological polar surface area (TPSA) is 75.3 Å². The number of nitrogens with zero attached hydrogens (tertiary/aromatic N) is 1. The number of hydrogen-bond donors (Lipinski definition) is 3. The van der Waals surface area contributed by atoms with Crippen LogP contribution in [0.25, 0.3) is 11.3 Å². The van der Waals surface area contributed by atoms with Crippen LogP contribution < -0.4 is 20.7 Å². The first-order valence-electron chi connectivity index (χ1n) is 11.0. The molecule has 0 radical (unpaired) electrons. The summed E-state index contributed by atoms with van der Waals surface area (Å²) in [6.07, 6.45) is 0. The van der Waals surface area contributed by atoms with Crippen LogP contribution in [0.3, 0.4) is 0 Å². The molecule has 0 aliphatic rings. The molecular formula is C26H22Cl2N4O2S3. The quantitative estimate of drug-likeness (QED) is 0.142. The lowest BCUT2D eigenvalue weighted by atomic mass is 10.2. The second-order valence-electron chi connectivity index (χ2n) is 7.72. The van der Waals surface area contributed by atoms with Gasteiger partial charge in [0.15, 0.2) is 10.2 Å². The van der Waals surface area contributed by atoms with Crippen LogP contribution in [-0.2, 0) is 4.79 Å². The van der Waals surface area contributed by atoms with Gasteiger partial charge >= 0.3 is 0 Å². The number of thiocarbonyl (C=S) groups is 1. The van der Waals surface area contributed by atoms with Gasteiger partial charge in [-0.3, -0.25) is 4.79 Å². The van der Waals surface area contributed by atoms with Crippen LogP contribution >= 0.6 is 58.5 Å². The van der Waals surface area contributed by atoms with E-state index >= 15 is 0 Å². The molecule has 4 aromatic rings. The molecule has 0 aliphatic heterocycles. The van der Waals surface area contributed by atoms with Crippen molar-refractivity contribution < 1.29 is 9.53 Å². The van der Waals surface area contributed by atoms with Crippen molar-refractivity contribution in [2.45, 2.75) is 17.1 Å². The second kappa shape index (κ2) is 12.6. The molecule has 1 amide bonds. The van der Waals surface area contributed by atoms with Crippen molar-refractivity contribution in [2.75, 3.05) is 23.1 Å². The molecule has 0 spiro atoms. The highest BCUT2D eigenvalue weighted by Gasteiger charge is 2.17. The lowest BCUT2D eigenvalue weighted by Crippen LogP contribution is -2.22. The summed E-state index contributed by atoms with van der Waals surface area (Å²) in [7, 11) is 1.61. The summed E-state index contributed by atoms with van der Waals surface area (Å²) in [5.41, 5.74) is 3.12. The van der Waals surface area contributed by atoms with Gasteiger partial charge < -0.3 is 20.7 Å². The monoisotopic (exact) mass is 588 g/mol. The zero-order chi connectivity index (χ0) is 26.4. The lowest BCUT2D eigenvalue weighted by Gasteiger charge is -2.14. The van der Waals surface area contributed by atoms with Crippen LogP contribution in [0.15, 0.2) is 77.0 Å². The second-order valence-corrected chi connectivity index (χ2v) is 11.2. The number of aromatic nitrogens is 1. The number of nitrogens with one attached hydrogen (secondary N) is 3. The molecule has 0 aliphatic carbocycles. The van der Waals surface area contributed by atoms with Crippen molar-refractivity contribution in [3.8, 4) is 17.0 Å². The molecule has 6 nitrogen and oxygen atoms in total. The number of para-hydroxylation sites is 2. The Bertz CT molecular complexity index is 1430. The molecule has 1 aromatic heterocycles. The van der Waals surface area contributed by atoms with Crippen LogP contribution in [0.5, 0.6) is 5.75 Å². The van der Waals surface area contributed by atoms with Gasteiger partial charge in [-0.15, -0.1) is 23.1 Å². The number of carbonyl (C=O) groups excluding carboxylic acids is 1. The molecular weight excluding hydrogens is 567 g/mol. The number of benzene rings is 3. The molecule has 190 valence electrons. The Balaban J connectivity index is 1.34. The summed E-state index contributed by atoms with van der Waals surface area (Å²) in [5.74, 6) is 0.548. The molecule has 0 bridgehead atoms. The number of methoxy groups -OCH3 is 1. The lowest BCUT2D eigenvalue weighted by molar-refractivity contribution is -0.115. The number of hydrogen-bond acceptors (Lipinski definition) is 6. The summed E-state index contributed by atoms with van der Waals surface area (Å²) in [6, 6.07) is 20.5. The minimum Gasteiger partial charge on any atom is -0.495 e. The average molecular weight is 590 g/mol. The van der Waals surface area contributed by atoms with Crippen LogP contribution in [-0.4, -0.2) is 28.4 Å². The SMILES string of the molecule is COc1ccccc1NC(=S)Nc1cccc(SC(C)C(=O)Nc2nc(-c3ccc(Cl)c(Cl)c3)cs2)c1. The Hall–Kier alpha value is -2.82. The van der Waals surface area contributed by atoms with Crippen LogP contribution in [0.1, 0.15) is 6.92 Å². The Morgan fingerprint density at radius 2 is 1.84 bits per heavy atom. The van der Waals surface area contributed by atoms with Crippen LogP contribution in [0.4, 0.5) is 16.5 Å². The smallest absolute Gasteiger partial charge is 0.239 e. The van der Waals surface area contributed by atoms with Crippen LogP contribution in [0.2, 0.25) is 10.0 Å². The summed E-state index contributed by atoms with van der Waals surface area (Å²) in [5, 5.41) is 12.6. The fraction of sp³-hybridized carbons (Fsp3) is 0.115. The van der Waals surface area contributed by atoms with Gasteiger partial charge in [0, 0.05) is 21.5 Å². The maximum Gasteiger partial charge on any atom is 0.239 e. The summed E-state index contributed by atoms with van der Waals surface area (Å²) in [4.78, 5) is 18.3. The summed E-state index contributed by atoms with van der Waals surface area (Å²) < 4.78 is 5.35. The highest BCUT2D eigenvalue weighted by atomic mass is 35.5. The van der Waals surface area contributed by atoms with E-state index in [9.17, 15) is 4.79 Å². The number of thiazole rings is 1. The van der Waals surface area contributed by atoms with Crippen molar-refractivity contribution in [3.63, 3.8) is 0 Å². The van der Waals surface area contributed by atoms with Crippen molar-refractivity contribution in [1.82, 2.24) is 4.98 Å². The van der Waals surface area contributed by atoms with Crippen molar-refractivity contribution >= 4 is 86.0 Å². The Morgan fingerprint density at radius 1 is 1.03 bits per heavy atom. The molecule has 1 atom stereocenters. The molecule has 1 heterocycles. The number of halogens is 2. The molecule has 4 rings (SSSR count). The molecule has 0 saturated heterocycles. The van der Waals surface area contributed by atoms with Gasteiger partial charge in [0.05, 0.1) is 33.8 Å². The highest BCUT2D eigenvalue weighted by molar-refractivity contribution is 8.00. The van der Waals surface area contributed by atoms with Crippen molar-refractivity contribution in [3.05, 3.63) is 82.2 Å². The van der Waals surface area contributed by atoms with Crippen molar-refractivity contribution in [1.29, 1.82) is 0 Å².